The summed E-state index contributed by atoms with van der Waals surface area (Å²) in [4.78, 5) is 44.6. The van der Waals surface area contributed by atoms with Crippen molar-refractivity contribution >= 4 is 45.6 Å². The van der Waals surface area contributed by atoms with Gasteiger partial charge in [-0.2, -0.15) is 0 Å². The molecule has 0 atom stereocenters. The molecule has 0 fully saturated rings. The van der Waals surface area contributed by atoms with E-state index < -0.39 is 49.7 Å². The Morgan fingerprint density at radius 3 is 1.46 bits per heavy atom. The van der Waals surface area contributed by atoms with Crippen molar-refractivity contribution in [1.82, 2.24) is 21.3 Å². The molecule has 24 heavy (non-hydrogen) atoms. The van der Waals surface area contributed by atoms with Gasteiger partial charge < -0.3 is 31.5 Å². The van der Waals surface area contributed by atoms with Crippen molar-refractivity contribution < 1.29 is 40.4 Å². The summed E-state index contributed by atoms with van der Waals surface area (Å²) in [5.74, 6) is -2.27. The fourth-order valence-electron chi connectivity index (χ4n) is 0.902. The number of amides is 4. The average Bonchev–Trinajstić information content (AvgIpc) is 2.60. The molecule has 0 aromatic heterocycles. The number of carboxylic acid groups (broad SMARTS) is 2. The van der Waals surface area contributed by atoms with E-state index in [0.29, 0.717) is 0 Å². The summed E-state index contributed by atoms with van der Waals surface area (Å²) in [6, 6.07) is 0. The van der Waals surface area contributed by atoms with Crippen LogP contribution in [0.2, 0.25) is 0 Å². The zero-order chi connectivity index (χ0) is 25.4. The van der Waals surface area contributed by atoms with Crippen LogP contribution in [0.4, 0.5) is 9.59 Å². The zero-order valence-electron chi connectivity index (χ0n) is 20.2. The molecule has 12 heteroatoms. The highest BCUT2D eigenvalue weighted by Crippen LogP contribution is 2.19. The molecule has 0 aliphatic rings. The Bertz CT molecular complexity index is 657. The minimum absolute atomic E-state index is 0.0882. The van der Waals surface area contributed by atoms with Crippen molar-refractivity contribution in [2.75, 3.05) is 37.6 Å². The van der Waals surface area contributed by atoms with E-state index in [1.54, 1.807) is 0 Å². The van der Waals surface area contributed by atoms with Crippen molar-refractivity contribution in [3.63, 3.8) is 0 Å². The van der Waals surface area contributed by atoms with Crippen LogP contribution in [0.15, 0.2) is 0 Å². The van der Waals surface area contributed by atoms with Gasteiger partial charge in [0.05, 0.1) is 0 Å². The lowest BCUT2D eigenvalue weighted by Crippen LogP contribution is -2.31. The van der Waals surface area contributed by atoms with Gasteiger partial charge in [0.25, 0.3) is 0 Å². The number of carbonyl (C=O) groups excluding carboxylic acids is 2. The molecule has 0 rings (SSSR count). The molecule has 0 saturated heterocycles. The molecule has 0 aliphatic carbocycles. The number of nitrogens with one attached hydrogen (secondary N) is 4. The Balaban J connectivity index is 4.27. The van der Waals surface area contributed by atoms with Crippen LogP contribution in [0.5, 0.6) is 0 Å². The van der Waals surface area contributed by atoms with Crippen LogP contribution < -0.4 is 21.3 Å². The molecule has 6 N–H and O–H groups in total. The Hall–Kier alpha value is -1.82. The van der Waals surface area contributed by atoms with Crippen molar-refractivity contribution in [3.05, 3.63) is 0 Å². The maximum Gasteiger partial charge on any atom is 0.404 e. The summed E-state index contributed by atoms with van der Waals surface area (Å²) < 4.78 is 59.3. The quantitative estimate of drug-likeness (QED) is 0.188. The van der Waals surface area contributed by atoms with E-state index in [2.05, 4.69) is 10.6 Å². The van der Waals surface area contributed by atoms with Gasteiger partial charge in [-0.15, -0.1) is 0 Å². The van der Waals surface area contributed by atoms with Gasteiger partial charge in [0.1, 0.15) is 0 Å². The summed E-state index contributed by atoms with van der Waals surface area (Å²) in [5, 5.41) is 23.9. The first-order valence-corrected chi connectivity index (χ1v) is 8.70. The van der Waals surface area contributed by atoms with Gasteiger partial charge >= 0.3 is 12.2 Å². The smallest absolute Gasteiger partial charge is 0.404 e. The molecule has 138 valence electrons. The predicted molar refractivity (Wildman–Crippen MR) is 92.2 cm³/mol. The third kappa shape index (κ3) is 16.5. The van der Waals surface area contributed by atoms with E-state index in [4.69, 9.17) is 21.2 Å². The maximum absolute atomic E-state index is 11.8. The van der Waals surface area contributed by atoms with E-state index >= 15 is 0 Å². The van der Waals surface area contributed by atoms with E-state index in [1.807, 2.05) is 0 Å². The van der Waals surface area contributed by atoms with E-state index in [9.17, 15) is 19.2 Å². The van der Waals surface area contributed by atoms with Crippen molar-refractivity contribution in [1.29, 1.82) is 0 Å². The van der Waals surface area contributed by atoms with Gasteiger partial charge in [0.15, 0.2) is 0 Å². The van der Waals surface area contributed by atoms with Gasteiger partial charge in [0, 0.05) is 61.3 Å². The van der Waals surface area contributed by atoms with E-state index in [0.717, 1.165) is 21.6 Å². The molecular weight excluding hydrogens is 360 g/mol. The minimum Gasteiger partial charge on any atom is -0.465 e. The van der Waals surface area contributed by atoms with Crippen LogP contribution in [-0.2, 0) is 9.59 Å². The molecule has 10 nitrogen and oxygen atoms in total. The molecule has 0 heterocycles. The molecule has 0 aliphatic heterocycles. The van der Waals surface area contributed by atoms with Crippen LogP contribution in [0.3, 0.4) is 0 Å². The van der Waals surface area contributed by atoms with Crippen LogP contribution >= 0.6 is 21.6 Å². The highest BCUT2D eigenvalue weighted by Gasteiger charge is 2.03. The van der Waals surface area contributed by atoms with Crippen molar-refractivity contribution in [2.24, 2.45) is 0 Å². The van der Waals surface area contributed by atoms with Crippen LogP contribution in [0.25, 0.3) is 0 Å². The van der Waals surface area contributed by atoms with Crippen LogP contribution in [0, 0.1) is 0 Å². The highest BCUT2D eigenvalue weighted by atomic mass is 33.1. The second kappa shape index (κ2) is 14.8. The first kappa shape index (κ1) is 11.7. The molecule has 0 saturated carbocycles. The monoisotopic (exact) mass is 390 g/mol. The molecular formula is C12H22N4O6S2. The summed E-state index contributed by atoms with van der Waals surface area (Å²) >= 11 is 0. The molecule has 0 bridgehead atoms. The van der Waals surface area contributed by atoms with Gasteiger partial charge in [-0.1, -0.05) is 21.6 Å². The summed E-state index contributed by atoms with van der Waals surface area (Å²) in [5.41, 5.74) is 0. The number of hydrogen-bond acceptors (Lipinski definition) is 6. The van der Waals surface area contributed by atoms with Gasteiger partial charge in [-0.05, 0) is 0 Å². The summed E-state index contributed by atoms with van der Waals surface area (Å²) in [6.07, 6.45) is -10.0. The lowest BCUT2D eigenvalue weighted by atomic mass is 10.4. The Morgan fingerprint density at radius 1 is 0.750 bits per heavy atom. The molecule has 4 amide bonds. The van der Waals surface area contributed by atoms with Crippen LogP contribution in [-0.4, -0.2) is 71.8 Å². The molecule has 0 aromatic carbocycles. The standard InChI is InChI=1S/C12H22N4O6S2/c17-9(1-3-15-11(19)20)13-5-7-23-24-8-6-14-10(18)2-4-16-12(21)22/h15-16H,1-8H2,(H,13,17)(H,14,18)(H,19,20)(H,21,22)/i1D2,2D2,3D2,4D2. The zero-order valence-corrected chi connectivity index (χ0v) is 13.8. The molecule has 0 aromatic rings. The fourth-order valence-corrected chi connectivity index (χ4v) is 2.72. The predicted octanol–water partition coefficient (Wildman–Crippen LogP) is -0.0844. The Morgan fingerprint density at radius 2 is 1.12 bits per heavy atom. The lowest BCUT2D eigenvalue weighted by Gasteiger charge is -2.06. The summed E-state index contributed by atoms with van der Waals surface area (Å²) in [6.45, 7) is -6.50. The number of hydrogen-bond donors (Lipinski definition) is 6. The van der Waals surface area contributed by atoms with E-state index in [1.165, 1.54) is 10.6 Å². The summed E-state index contributed by atoms with van der Waals surface area (Å²) in [7, 11) is 2.33. The third-order valence-electron chi connectivity index (χ3n) is 1.72. The third-order valence-corrected chi connectivity index (χ3v) is 4.12. The normalized spacial score (nSPS) is 17.2. The SMILES string of the molecule is [2H]C([2H])(NC(=O)O)C([2H])([2H])C(=O)NCCSSCCNC(=O)C([2H])([2H])C([2H])([2H])NC(=O)O. The van der Waals surface area contributed by atoms with Gasteiger partial charge in [-0.3, -0.25) is 9.59 Å². The van der Waals surface area contributed by atoms with Crippen molar-refractivity contribution in [3.8, 4) is 0 Å². The molecule has 0 unspecified atom stereocenters. The highest BCUT2D eigenvalue weighted by molar-refractivity contribution is 8.76. The topological polar surface area (TPSA) is 157 Å². The second-order valence-electron chi connectivity index (χ2n) is 3.52. The van der Waals surface area contributed by atoms with Gasteiger partial charge in [0.2, 0.25) is 11.8 Å². The first-order valence-electron chi connectivity index (χ1n) is 10.2. The lowest BCUT2D eigenvalue weighted by molar-refractivity contribution is -0.121. The number of rotatable bonds is 13. The fraction of sp³-hybridized carbons (Fsp3) is 0.667. The molecule has 0 spiro atoms. The second-order valence-corrected chi connectivity index (χ2v) is 6.22. The Kier molecular flexibility index (Phi) is 7.18. The van der Waals surface area contributed by atoms with E-state index in [-0.39, 0.29) is 24.6 Å². The van der Waals surface area contributed by atoms with Crippen LogP contribution in [0.1, 0.15) is 23.7 Å². The van der Waals surface area contributed by atoms with Gasteiger partial charge in [-0.25, -0.2) is 9.59 Å². The number of carbonyl (C=O) groups is 4. The maximum atomic E-state index is 11.8. The first-order chi connectivity index (χ1) is 14.4. The molecule has 0 radical (unpaired) electrons. The Labute approximate surface area is 158 Å². The largest absolute Gasteiger partial charge is 0.465 e. The average molecular weight is 391 g/mol. The van der Waals surface area contributed by atoms with Crippen molar-refractivity contribution in [2.45, 2.75) is 12.7 Å². The minimum atomic E-state index is -3.17.